The summed E-state index contributed by atoms with van der Waals surface area (Å²) in [6.07, 6.45) is 0.241. The van der Waals surface area contributed by atoms with Crippen LogP contribution in [0.3, 0.4) is 0 Å². The fraction of sp³-hybridized carbons (Fsp3) is 1.00. The summed E-state index contributed by atoms with van der Waals surface area (Å²) >= 11 is 5.39. The van der Waals surface area contributed by atoms with E-state index in [-0.39, 0.29) is 11.5 Å². The monoisotopic (exact) mass is 210 g/mol. The second-order valence-electron chi connectivity index (χ2n) is 3.60. The fourth-order valence-corrected chi connectivity index (χ4v) is 0.773. The summed E-state index contributed by atoms with van der Waals surface area (Å²) in [5.41, 5.74) is -0.161. The molecule has 80 valence electrons. The summed E-state index contributed by atoms with van der Waals surface area (Å²) in [6.45, 7) is 4.86. The number of aliphatic hydroxyl groups excluding tert-OH is 1. The van der Waals surface area contributed by atoms with Gasteiger partial charge in [-0.3, -0.25) is 0 Å². The van der Waals surface area contributed by atoms with Gasteiger partial charge in [-0.15, -0.1) is 11.6 Å². The second kappa shape index (κ2) is 6.60. The topological polar surface area (TPSA) is 38.7 Å². The molecule has 0 fully saturated rings. The molecule has 0 saturated heterocycles. The largest absolute Gasteiger partial charge is 0.389 e. The maximum atomic E-state index is 9.06. The lowest BCUT2D eigenvalue weighted by Gasteiger charge is -2.22. The molecule has 0 radical (unpaired) electrons. The second-order valence-corrected chi connectivity index (χ2v) is 3.91. The standard InChI is InChI=1S/C9H19ClO3/c1-9(2,12-3)4-5-13-7-8(11)6-10/h8,11H,4-7H2,1-3H3. The summed E-state index contributed by atoms with van der Waals surface area (Å²) in [6, 6.07) is 0. The van der Waals surface area contributed by atoms with Crippen LogP contribution in [0.25, 0.3) is 0 Å². The van der Waals surface area contributed by atoms with Crippen LogP contribution in [0.4, 0.5) is 0 Å². The van der Waals surface area contributed by atoms with E-state index in [1.54, 1.807) is 7.11 Å². The van der Waals surface area contributed by atoms with E-state index >= 15 is 0 Å². The molecule has 1 N–H and O–H groups in total. The van der Waals surface area contributed by atoms with Crippen LogP contribution < -0.4 is 0 Å². The van der Waals surface area contributed by atoms with E-state index in [1.807, 2.05) is 13.8 Å². The van der Waals surface area contributed by atoms with E-state index in [2.05, 4.69) is 0 Å². The maximum Gasteiger partial charge on any atom is 0.0908 e. The smallest absolute Gasteiger partial charge is 0.0908 e. The fourth-order valence-electron chi connectivity index (χ4n) is 0.684. The molecule has 0 spiro atoms. The first kappa shape index (κ1) is 13.2. The molecule has 0 aromatic heterocycles. The number of ether oxygens (including phenoxy) is 2. The Morgan fingerprint density at radius 3 is 2.54 bits per heavy atom. The Balaban J connectivity index is 3.35. The molecule has 0 aromatic rings. The molecule has 1 unspecified atom stereocenters. The molecule has 0 amide bonds. The van der Waals surface area contributed by atoms with Gasteiger partial charge in [0.15, 0.2) is 0 Å². The van der Waals surface area contributed by atoms with Crippen LogP contribution in [0.5, 0.6) is 0 Å². The molecule has 0 aliphatic heterocycles. The van der Waals surface area contributed by atoms with Crippen molar-refractivity contribution >= 4 is 11.6 Å². The minimum absolute atomic E-state index is 0.161. The zero-order valence-corrected chi connectivity index (χ0v) is 9.30. The Bertz CT molecular complexity index is 128. The van der Waals surface area contributed by atoms with Crippen molar-refractivity contribution in [2.75, 3.05) is 26.2 Å². The first-order chi connectivity index (χ1) is 6.02. The molecule has 13 heavy (non-hydrogen) atoms. The molecule has 0 saturated carbocycles. The molecule has 0 rings (SSSR count). The molecule has 3 nitrogen and oxygen atoms in total. The van der Waals surface area contributed by atoms with Gasteiger partial charge in [0, 0.05) is 13.7 Å². The Kier molecular flexibility index (Phi) is 6.68. The minimum Gasteiger partial charge on any atom is -0.389 e. The Morgan fingerprint density at radius 1 is 1.46 bits per heavy atom. The zero-order valence-electron chi connectivity index (χ0n) is 8.55. The van der Waals surface area contributed by atoms with Crippen molar-refractivity contribution in [1.29, 1.82) is 0 Å². The van der Waals surface area contributed by atoms with Gasteiger partial charge in [0.05, 0.1) is 24.2 Å². The van der Waals surface area contributed by atoms with E-state index in [0.717, 1.165) is 6.42 Å². The third kappa shape index (κ3) is 7.26. The van der Waals surface area contributed by atoms with Crippen LogP contribution in [0.15, 0.2) is 0 Å². The highest BCUT2D eigenvalue weighted by Crippen LogP contribution is 2.12. The van der Waals surface area contributed by atoms with Crippen molar-refractivity contribution in [3.63, 3.8) is 0 Å². The third-order valence-corrected chi connectivity index (χ3v) is 2.25. The SMILES string of the molecule is COC(C)(C)CCOCC(O)CCl. The van der Waals surface area contributed by atoms with E-state index in [9.17, 15) is 0 Å². The van der Waals surface area contributed by atoms with Crippen molar-refractivity contribution in [3.05, 3.63) is 0 Å². The lowest BCUT2D eigenvalue weighted by molar-refractivity contribution is -0.0217. The molecule has 1 atom stereocenters. The quantitative estimate of drug-likeness (QED) is 0.510. The van der Waals surface area contributed by atoms with Crippen molar-refractivity contribution in [1.82, 2.24) is 0 Å². The Hall–Kier alpha value is 0.170. The third-order valence-electron chi connectivity index (χ3n) is 1.89. The molecular weight excluding hydrogens is 192 g/mol. The molecule has 0 bridgehead atoms. The zero-order chi connectivity index (χ0) is 10.3. The maximum absolute atomic E-state index is 9.06. The molecule has 4 heteroatoms. The van der Waals surface area contributed by atoms with Gasteiger partial charge in [-0.1, -0.05) is 0 Å². The van der Waals surface area contributed by atoms with Crippen molar-refractivity contribution < 1.29 is 14.6 Å². The number of aliphatic hydroxyl groups is 1. The van der Waals surface area contributed by atoms with E-state index in [4.69, 9.17) is 26.2 Å². The first-order valence-electron chi connectivity index (χ1n) is 4.39. The van der Waals surface area contributed by atoms with Crippen LogP contribution in [0.2, 0.25) is 0 Å². The minimum atomic E-state index is -0.563. The Morgan fingerprint density at radius 2 is 2.08 bits per heavy atom. The van der Waals surface area contributed by atoms with Crippen molar-refractivity contribution in [2.45, 2.75) is 32.0 Å². The van der Waals surface area contributed by atoms with Crippen molar-refractivity contribution in [2.24, 2.45) is 0 Å². The van der Waals surface area contributed by atoms with E-state index in [1.165, 1.54) is 0 Å². The molecule has 0 heterocycles. The summed E-state index contributed by atoms with van der Waals surface area (Å²) in [7, 11) is 1.67. The summed E-state index contributed by atoms with van der Waals surface area (Å²) in [5.74, 6) is 0.216. The number of rotatable bonds is 7. The highest BCUT2D eigenvalue weighted by Gasteiger charge is 2.15. The van der Waals surface area contributed by atoms with Gasteiger partial charge in [-0.2, -0.15) is 0 Å². The number of hydrogen-bond acceptors (Lipinski definition) is 3. The summed E-state index contributed by atoms with van der Waals surface area (Å²) < 4.78 is 10.4. The number of halogens is 1. The van der Waals surface area contributed by atoms with E-state index < -0.39 is 6.10 Å². The first-order valence-corrected chi connectivity index (χ1v) is 4.92. The van der Waals surface area contributed by atoms with Gasteiger partial charge in [0.25, 0.3) is 0 Å². The highest BCUT2D eigenvalue weighted by atomic mass is 35.5. The predicted molar refractivity (Wildman–Crippen MR) is 53.3 cm³/mol. The van der Waals surface area contributed by atoms with Gasteiger partial charge in [-0.25, -0.2) is 0 Å². The average Bonchev–Trinajstić information content (AvgIpc) is 2.12. The lowest BCUT2D eigenvalue weighted by atomic mass is 10.1. The number of hydrogen-bond donors (Lipinski definition) is 1. The van der Waals surface area contributed by atoms with Gasteiger partial charge in [0.2, 0.25) is 0 Å². The van der Waals surface area contributed by atoms with Gasteiger partial charge >= 0.3 is 0 Å². The Labute approximate surface area is 85.0 Å². The molecular formula is C9H19ClO3. The summed E-state index contributed by atoms with van der Waals surface area (Å²) in [5, 5.41) is 9.06. The van der Waals surface area contributed by atoms with E-state index in [0.29, 0.717) is 13.2 Å². The highest BCUT2D eigenvalue weighted by molar-refractivity contribution is 6.18. The predicted octanol–water partition coefficient (Wildman–Crippen LogP) is 1.42. The molecule has 0 aromatic carbocycles. The van der Waals surface area contributed by atoms with Crippen molar-refractivity contribution in [3.8, 4) is 0 Å². The van der Waals surface area contributed by atoms with Gasteiger partial charge < -0.3 is 14.6 Å². The van der Waals surface area contributed by atoms with Crippen LogP contribution in [0, 0.1) is 0 Å². The van der Waals surface area contributed by atoms with Crippen LogP contribution in [0.1, 0.15) is 20.3 Å². The average molecular weight is 211 g/mol. The normalized spacial score (nSPS) is 14.5. The van der Waals surface area contributed by atoms with Crippen LogP contribution in [-0.4, -0.2) is 43.0 Å². The summed E-state index contributed by atoms with van der Waals surface area (Å²) in [4.78, 5) is 0. The lowest BCUT2D eigenvalue weighted by Crippen LogP contribution is -2.26. The van der Waals surface area contributed by atoms with Gasteiger partial charge in [0.1, 0.15) is 0 Å². The molecule has 0 aliphatic carbocycles. The number of alkyl halides is 1. The number of methoxy groups -OCH3 is 1. The van der Waals surface area contributed by atoms with Gasteiger partial charge in [-0.05, 0) is 20.3 Å². The van der Waals surface area contributed by atoms with Crippen LogP contribution >= 0.6 is 11.6 Å². The molecule has 0 aliphatic rings. The van der Waals surface area contributed by atoms with Crippen LogP contribution in [-0.2, 0) is 9.47 Å².